The number of alkyl halides is 3. The summed E-state index contributed by atoms with van der Waals surface area (Å²) in [6.07, 6.45) is -1.33. The van der Waals surface area contributed by atoms with E-state index in [1.54, 1.807) is 0 Å². The zero-order valence-electron chi connectivity index (χ0n) is 11.9. The number of aromatic amines is 1. The molecule has 2 aromatic heterocycles. The summed E-state index contributed by atoms with van der Waals surface area (Å²) >= 11 is 5.73. The lowest BCUT2D eigenvalue weighted by Gasteiger charge is -2.10. The summed E-state index contributed by atoms with van der Waals surface area (Å²) in [5, 5.41) is -0.290. The van der Waals surface area contributed by atoms with Crippen LogP contribution in [0.4, 0.5) is 13.2 Å². The van der Waals surface area contributed by atoms with Crippen LogP contribution in [0, 0.1) is 0 Å². The topological polar surface area (TPSA) is 67.8 Å². The predicted octanol–water partition coefficient (Wildman–Crippen LogP) is 3.26. The molecule has 3 rings (SSSR count). The highest BCUT2D eigenvalue weighted by Crippen LogP contribution is 2.37. The van der Waals surface area contributed by atoms with Gasteiger partial charge in [-0.15, -0.1) is 0 Å². The second-order valence-corrected chi connectivity index (χ2v) is 5.39. The predicted molar refractivity (Wildman–Crippen MR) is 81.9 cm³/mol. The molecule has 5 nitrogen and oxygen atoms in total. The summed E-state index contributed by atoms with van der Waals surface area (Å²) in [5.41, 5.74) is -0.461. The second kappa shape index (κ2) is 5.79. The molecule has 0 saturated heterocycles. The molecule has 0 fully saturated rings. The highest BCUT2D eigenvalue weighted by Gasteiger charge is 2.33. The number of carbonyl (C=O) groups is 1. The van der Waals surface area contributed by atoms with Gasteiger partial charge in [0.15, 0.2) is 0 Å². The number of carbonyl (C=O) groups excluding carboxylic acids is 1. The Bertz CT molecular complexity index is 992. The molecule has 0 saturated carbocycles. The minimum absolute atomic E-state index is 0.167. The Labute approximate surface area is 137 Å². The molecule has 0 atom stereocenters. The molecule has 0 unspecified atom stereocenters. The molecular formula is C15H9ClF3N3O2. The van der Waals surface area contributed by atoms with Crippen LogP contribution in [-0.4, -0.2) is 20.8 Å². The SMILES string of the molecule is O=CCn1cnc2[nH]cc(-c3ccc(C(F)(F)F)c(Cl)c3)c2c1=O. The number of nitrogens with one attached hydrogen (secondary N) is 1. The van der Waals surface area contributed by atoms with E-state index in [0.717, 1.165) is 16.7 Å². The molecular weight excluding hydrogens is 347 g/mol. The first kappa shape index (κ1) is 16.3. The summed E-state index contributed by atoms with van der Waals surface area (Å²) in [6.45, 7) is -0.167. The lowest BCUT2D eigenvalue weighted by molar-refractivity contribution is -0.137. The van der Waals surface area contributed by atoms with Gasteiger partial charge < -0.3 is 9.78 Å². The highest BCUT2D eigenvalue weighted by molar-refractivity contribution is 6.31. The third kappa shape index (κ3) is 2.69. The molecule has 9 heteroatoms. The molecule has 0 aliphatic carbocycles. The molecule has 2 heterocycles. The Morgan fingerprint density at radius 1 is 1.33 bits per heavy atom. The summed E-state index contributed by atoms with van der Waals surface area (Å²) in [7, 11) is 0. The normalized spacial score (nSPS) is 11.8. The van der Waals surface area contributed by atoms with Crippen molar-refractivity contribution in [2.24, 2.45) is 0 Å². The Hall–Kier alpha value is -2.61. The van der Waals surface area contributed by atoms with E-state index in [9.17, 15) is 22.8 Å². The van der Waals surface area contributed by atoms with Crippen LogP contribution in [0.2, 0.25) is 5.02 Å². The Balaban J connectivity index is 2.20. The van der Waals surface area contributed by atoms with Crippen molar-refractivity contribution in [2.45, 2.75) is 12.7 Å². The van der Waals surface area contributed by atoms with Gasteiger partial charge in [-0.25, -0.2) is 4.98 Å². The average Bonchev–Trinajstić information content (AvgIpc) is 2.93. The van der Waals surface area contributed by atoms with Crippen LogP contribution < -0.4 is 5.56 Å². The molecule has 1 aromatic carbocycles. The number of halogens is 4. The van der Waals surface area contributed by atoms with Gasteiger partial charge >= 0.3 is 6.18 Å². The largest absolute Gasteiger partial charge is 0.417 e. The maximum absolute atomic E-state index is 12.8. The van der Waals surface area contributed by atoms with E-state index in [1.165, 1.54) is 18.6 Å². The van der Waals surface area contributed by atoms with Crippen molar-refractivity contribution in [3.8, 4) is 11.1 Å². The Morgan fingerprint density at radius 2 is 2.08 bits per heavy atom. The fraction of sp³-hybridized carbons (Fsp3) is 0.133. The van der Waals surface area contributed by atoms with Gasteiger partial charge in [0.2, 0.25) is 0 Å². The van der Waals surface area contributed by atoms with E-state index < -0.39 is 22.3 Å². The zero-order valence-corrected chi connectivity index (χ0v) is 12.6. The standard InChI is InChI=1S/C15H9ClF3N3O2/c16-11-5-8(1-2-10(11)15(17,18)19)9-6-20-13-12(9)14(24)22(3-4-23)7-21-13/h1-2,4-7,20H,3H2. The number of fused-ring (bicyclic) bond motifs is 1. The maximum Gasteiger partial charge on any atom is 0.417 e. The van der Waals surface area contributed by atoms with Gasteiger partial charge in [0.1, 0.15) is 18.3 Å². The van der Waals surface area contributed by atoms with Crippen molar-refractivity contribution in [3.63, 3.8) is 0 Å². The minimum Gasteiger partial charge on any atom is -0.345 e. The first-order chi connectivity index (χ1) is 11.3. The van der Waals surface area contributed by atoms with Gasteiger partial charge in [-0.05, 0) is 17.7 Å². The minimum atomic E-state index is -4.56. The molecule has 0 bridgehead atoms. The van der Waals surface area contributed by atoms with Crippen LogP contribution in [0.3, 0.4) is 0 Å². The smallest absolute Gasteiger partial charge is 0.345 e. The van der Waals surface area contributed by atoms with E-state index >= 15 is 0 Å². The number of hydrogen-bond donors (Lipinski definition) is 1. The van der Waals surface area contributed by atoms with E-state index in [0.29, 0.717) is 17.4 Å². The molecule has 3 aromatic rings. The van der Waals surface area contributed by atoms with Crippen LogP contribution in [0.1, 0.15) is 5.56 Å². The molecule has 124 valence electrons. The van der Waals surface area contributed by atoms with E-state index in [1.807, 2.05) is 0 Å². The highest BCUT2D eigenvalue weighted by atomic mass is 35.5. The van der Waals surface area contributed by atoms with Crippen molar-refractivity contribution in [1.29, 1.82) is 0 Å². The zero-order chi connectivity index (χ0) is 17.5. The third-order valence-electron chi connectivity index (χ3n) is 3.52. The quantitative estimate of drug-likeness (QED) is 0.733. The van der Waals surface area contributed by atoms with E-state index in [4.69, 9.17) is 11.6 Å². The van der Waals surface area contributed by atoms with Gasteiger partial charge in [0.25, 0.3) is 5.56 Å². The summed E-state index contributed by atoms with van der Waals surface area (Å²) in [6, 6.07) is 3.23. The number of nitrogens with zero attached hydrogens (tertiary/aromatic N) is 2. The summed E-state index contributed by atoms with van der Waals surface area (Å²) in [5.74, 6) is 0. The first-order valence-corrected chi connectivity index (χ1v) is 7.08. The summed E-state index contributed by atoms with van der Waals surface area (Å²) < 4.78 is 39.5. The summed E-state index contributed by atoms with van der Waals surface area (Å²) in [4.78, 5) is 29.8. The van der Waals surface area contributed by atoms with Crippen LogP contribution >= 0.6 is 11.6 Å². The fourth-order valence-electron chi connectivity index (χ4n) is 2.40. The molecule has 0 amide bonds. The molecule has 0 radical (unpaired) electrons. The third-order valence-corrected chi connectivity index (χ3v) is 3.83. The van der Waals surface area contributed by atoms with Crippen molar-refractivity contribution < 1.29 is 18.0 Å². The van der Waals surface area contributed by atoms with Gasteiger partial charge in [0.05, 0.1) is 22.5 Å². The molecule has 1 N–H and O–H groups in total. The van der Waals surface area contributed by atoms with E-state index in [2.05, 4.69) is 9.97 Å². The van der Waals surface area contributed by atoms with Crippen molar-refractivity contribution in [3.05, 3.63) is 51.7 Å². The number of aldehydes is 1. The number of benzene rings is 1. The average molecular weight is 356 g/mol. The number of aromatic nitrogens is 3. The van der Waals surface area contributed by atoms with Crippen LogP contribution in [-0.2, 0) is 17.5 Å². The van der Waals surface area contributed by atoms with Crippen LogP contribution in [0.25, 0.3) is 22.2 Å². The van der Waals surface area contributed by atoms with Crippen molar-refractivity contribution in [1.82, 2.24) is 14.5 Å². The van der Waals surface area contributed by atoms with Crippen LogP contribution in [0.15, 0.2) is 35.5 Å². The maximum atomic E-state index is 12.8. The molecule has 0 spiro atoms. The van der Waals surface area contributed by atoms with Gasteiger partial charge in [0, 0.05) is 11.8 Å². The van der Waals surface area contributed by atoms with Gasteiger partial charge in [-0.3, -0.25) is 9.36 Å². The van der Waals surface area contributed by atoms with Gasteiger partial charge in [-0.2, -0.15) is 13.2 Å². The molecule has 0 aliphatic heterocycles. The van der Waals surface area contributed by atoms with Crippen molar-refractivity contribution >= 4 is 28.9 Å². The lowest BCUT2D eigenvalue weighted by atomic mass is 10.0. The lowest BCUT2D eigenvalue weighted by Crippen LogP contribution is -2.21. The van der Waals surface area contributed by atoms with Crippen LogP contribution in [0.5, 0.6) is 0 Å². The van der Waals surface area contributed by atoms with Gasteiger partial charge in [-0.1, -0.05) is 17.7 Å². The van der Waals surface area contributed by atoms with Crippen molar-refractivity contribution in [2.75, 3.05) is 0 Å². The second-order valence-electron chi connectivity index (χ2n) is 4.99. The molecule has 24 heavy (non-hydrogen) atoms. The monoisotopic (exact) mass is 355 g/mol. The Kier molecular flexibility index (Phi) is 3.92. The molecule has 0 aliphatic rings. The van der Waals surface area contributed by atoms with E-state index in [-0.39, 0.29) is 17.6 Å². The Morgan fingerprint density at radius 3 is 2.71 bits per heavy atom. The number of H-pyrrole nitrogens is 1. The number of rotatable bonds is 3. The first-order valence-electron chi connectivity index (χ1n) is 6.70. The number of hydrogen-bond acceptors (Lipinski definition) is 3. The fourth-order valence-corrected chi connectivity index (χ4v) is 2.69.